The second-order valence-electron chi connectivity index (χ2n) is 10.8. The molecule has 2 saturated heterocycles. The van der Waals surface area contributed by atoms with Crippen molar-refractivity contribution in [2.45, 2.75) is 44.6 Å². The van der Waals surface area contributed by atoms with Crippen molar-refractivity contribution >= 4 is 35.0 Å². The smallest absolute Gasteiger partial charge is 0.243 e. The molecule has 5 rings (SSSR count). The molecule has 3 unspecified atom stereocenters. The lowest BCUT2D eigenvalue weighted by Gasteiger charge is -2.34. The minimum Gasteiger partial charge on any atom is -0.474 e. The number of hydrogen-bond donors (Lipinski definition) is 0. The van der Waals surface area contributed by atoms with Crippen molar-refractivity contribution in [2.75, 3.05) is 26.2 Å². The molecular weight excluding hydrogens is 537 g/mol. The zero-order valence-corrected chi connectivity index (χ0v) is 23.2. The number of likely N-dealkylation sites (tertiary alicyclic amines) is 2. The van der Waals surface area contributed by atoms with Crippen molar-refractivity contribution in [1.29, 1.82) is 10.5 Å². The van der Waals surface area contributed by atoms with Crippen LogP contribution in [0.5, 0.6) is 5.88 Å². The number of nitriles is 2. The number of pyridine rings is 1. The van der Waals surface area contributed by atoms with Crippen molar-refractivity contribution in [1.82, 2.24) is 14.8 Å². The number of amides is 2. The number of halogens is 2. The third-order valence-electron chi connectivity index (χ3n) is 8.33. The summed E-state index contributed by atoms with van der Waals surface area (Å²) >= 11 is 12.5. The molecule has 1 aromatic carbocycles. The van der Waals surface area contributed by atoms with E-state index in [-0.39, 0.29) is 35.7 Å². The third-order valence-corrected chi connectivity index (χ3v) is 9.07. The molecule has 1 saturated carbocycles. The number of hydrogen-bond acceptors (Lipinski definition) is 6. The average Bonchev–Trinajstić information content (AvgIpc) is 3.64. The molecule has 2 aromatic rings. The first-order valence-electron chi connectivity index (χ1n) is 13.2. The van der Waals surface area contributed by atoms with E-state index >= 15 is 0 Å². The summed E-state index contributed by atoms with van der Waals surface area (Å²) < 4.78 is 6.18. The maximum atomic E-state index is 13.7. The first-order valence-corrected chi connectivity index (χ1v) is 14.0. The Kier molecular flexibility index (Phi) is 7.71. The highest BCUT2D eigenvalue weighted by Crippen LogP contribution is 2.47. The number of carbonyl (C=O) groups excluding carboxylic acids is 2. The molecule has 202 valence electrons. The normalized spacial score (nSPS) is 23.0. The van der Waals surface area contributed by atoms with Crippen LogP contribution in [0.15, 0.2) is 36.5 Å². The Morgan fingerprint density at radius 2 is 1.82 bits per heavy atom. The van der Waals surface area contributed by atoms with Gasteiger partial charge in [0.1, 0.15) is 17.6 Å². The van der Waals surface area contributed by atoms with Gasteiger partial charge in [-0.2, -0.15) is 10.5 Å². The van der Waals surface area contributed by atoms with Gasteiger partial charge in [-0.15, -0.1) is 0 Å². The third kappa shape index (κ3) is 5.55. The maximum Gasteiger partial charge on any atom is 0.243 e. The number of aromatic nitrogens is 1. The van der Waals surface area contributed by atoms with Crippen LogP contribution in [0.3, 0.4) is 0 Å². The highest BCUT2D eigenvalue weighted by molar-refractivity contribution is 6.42. The van der Waals surface area contributed by atoms with E-state index < -0.39 is 5.41 Å². The number of carbonyl (C=O) groups is 2. The Balaban J connectivity index is 1.29. The average molecular weight is 566 g/mol. The highest BCUT2D eigenvalue weighted by atomic mass is 35.5. The summed E-state index contributed by atoms with van der Waals surface area (Å²) in [6, 6.07) is 13.1. The fourth-order valence-electron chi connectivity index (χ4n) is 5.76. The summed E-state index contributed by atoms with van der Waals surface area (Å²) in [5.41, 5.74) is 0.611. The molecular formula is C29H29Cl2N5O3. The first-order chi connectivity index (χ1) is 18.7. The monoisotopic (exact) mass is 565 g/mol. The predicted molar refractivity (Wildman–Crippen MR) is 145 cm³/mol. The van der Waals surface area contributed by atoms with Crippen LogP contribution in [-0.2, 0) is 9.59 Å². The molecule has 0 spiro atoms. The van der Waals surface area contributed by atoms with Crippen molar-refractivity contribution in [3.63, 3.8) is 0 Å². The van der Waals surface area contributed by atoms with Gasteiger partial charge in [-0.05, 0) is 56.4 Å². The van der Waals surface area contributed by atoms with Crippen molar-refractivity contribution in [2.24, 2.45) is 17.3 Å². The van der Waals surface area contributed by atoms with Crippen LogP contribution in [0.25, 0.3) is 0 Å². The molecule has 3 fully saturated rings. The molecule has 0 N–H and O–H groups in total. The fraction of sp³-hybridized carbons (Fsp3) is 0.483. The molecule has 8 nitrogen and oxygen atoms in total. The zero-order valence-electron chi connectivity index (χ0n) is 21.6. The van der Waals surface area contributed by atoms with Gasteiger partial charge >= 0.3 is 0 Å². The number of benzene rings is 1. The van der Waals surface area contributed by atoms with Crippen LogP contribution in [0.2, 0.25) is 10.0 Å². The quantitative estimate of drug-likeness (QED) is 0.496. The molecule has 1 aliphatic carbocycles. The lowest BCUT2D eigenvalue weighted by Crippen LogP contribution is -2.46. The molecule has 0 bridgehead atoms. The van der Waals surface area contributed by atoms with Crippen LogP contribution in [0, 0.1) is 39.9 Å². The summed E-state index contributed by atoms with van der Waals surface area (Å²) in [6.07, 6.45) is 3.64. The first kappa shape index (κ1) is 27.2. The number of piperidine rings is 1. The molecule has 0 radical (unpaired) electrons. The maximum absolute atomic E-state index is 13.7. The van der Waals surface area contributed by atoms with E-state index in [0.717, 1.165) is 5.56 Å². The molecule has 10 heteroatoms. The van der Waals surface area contributed by atoms with Gasteiger partial charge < -0.3 is 14.5 Å². The van der Waals surface area contributed by atoms with Crippen LogP contribution in [-0.4, -0.2) is 58.9 Å². The fourth-order valence-corrected chi connectivity index (χ4v) is 6.07. The van der Waals surface area contributed by atoms with Crippen LogP contribution in [0.1, 0.15) is 49.7 Å². The molecule has 39 heavy (non-hydrogen) atoms. The van der Waals surface area contributed by atoms with E-state index in [2.05, 4.69) is 17.1 Å². The van der Waals surface area contributed by atoms with Gasteiger partial charge in [0.05, 0.1) is 21.7 Å². The lowest BCUT2D eigenvalue weighted by atomic mass is 9.86. The molecule has 3 aliphatic rings. The van der Waals surface area contributed by atoms with Gasteiger partial charge in [0.25, 0.3) is 0 Å². The molecule has 3 atom stereocenters. The van der Waals surface area contributed by atoms with Gasteiger partial charge in [-0.25, -0.2) is 4.98 Å². The standard InChI is InChI=1S/C29H29Cl2N5O3/c1-18(39-26-5-2-19(13-32)14-34-26)22-15-36(16-23(22)21-3-4-24(30)25(31)12-21)27(37)20-6-10-35(11-7-20)28(38)29(17-33)8-9-29/h2-5,12,14,18,20,22-23H,6-11,15-16H2,1H3. The Labute approximate surface area is 238 Å². The summed E-state index contributed by atoms with van der Waals surface area (Å²) in [5.74, 6) is 0.191. The second kappa shape index (κ2) is 11.0. The largest absolute Gasteiger partial charge is 0.474 e. The Bertz CT molecular complexity index is 1340. The van der Waals surface area contributed by atoms with Crippen molar-refractivity contribution in [3.8, 4) is 18.0 Å². The predicted octanol–water partition coefficient (Wildman–Crippen LogP) is 4.81. The number of nitrogens with zero attached hydrogens (tertiary/aromatic N) is 5. The van der Waals surface area contributed by atoms with Gasteiger partial charge in [-0.3, -0.25) is 9.59 Å². The Hall–Kier alpha value is -3.33. The number of ether oxygens (including phenoxy) is 1. The SMILES string of the molecule is CC(Oc1ccc(C#N)cn1)C1CN(C(=O)C2CCN(C(=O)C3(C#N)CC3)CC2)CC1c1ccc(Cl)c(Cl)c1. The molecule has 1 aromatic heterocycles. The van der Waals surface area contributed by atoms with Gasteiger partial charge in [0.15, 0.2) is 0 Å². The molecule has 2 amide bonds. The molecule has 3 heterocycles. The second-order valence-corrected chi connectivity index (χ2v) is 11.6. The summed E-state index contributed by atoms with van der Waals surface area (Å²) in [4.78, 5) is 34.3. The van der Waals surface area contributed by atoms with Crippen molar-refractivity contribution < 1.29 is 14.3 Å². The minimum absolute atomic E-state index is 0.0240. The highest BCUT2D eigenvalue weighted by Gasteiger charge is 2.53. The van der Waals surface area contributed by atoms with Gasteiger partial charge in [-0.1, -0.05) is 29.3 Å². The topological polar surface area (TPSA) is 110 Å². The molecule has 2 aliphatic heterocycles. The zero-order chi connectivity index (χ0) is 27.7. The van der Waals surface area contributed by atoms with E-state index in [1.54, 1.807) is 23.1 Å². The van der Waals surface area contributed by atoms with E-state index in [0.29, 0.717) is 73.4 Å². The lowest BCUT2D eigenvalue weighted by molar-refractivity contribution is -0.141. The Morgan fingerprint density at radius 3 is 2.41 bits per heavy atom. The van der Waals surface area contributed by atoms with E-state index in [1.165, 1.54) is 6.20 Å². The summed E-state index contributed by atoms with van der Waals surface area (Å²) in [7, 11) is 0. The van der Waals surface area contributed by atoms with E-state index in [4.69, 9.17) is 33.2 Å². The van der Waals surface area contributed by atoms with E-state index in [9.17, 15) is 14.9 Å². The summed E-state index contributed by atoms with van der Waals surface area (Å²) in [5, 5.41) is 19.4. The van der Waals surface area contributed by atoms with Crippen LogP contribution >= 0.6 is 23.2 Å². The summed E-state index contributed by atoms with van der Waals surface area (Å²) in [6.45, 7) is 3.99. The van der Waals surface area contributed by atoms with Crippen molar-refractivity contribution in [3.05, 3.63) is 57.7 Å². The van der Waals surface area contributed by atoms with Gasteiger partial charge in [0.2, 0.25) is 17.7 Å². The number of rotatable bonds is 6. The van der Waals surface area contributed by atoms with E-state index in [1.807, 2.05) is 24.0 Å². The minimum atomic E-state index is -0.827. The Morgan fingerprint density at radius 1 is 1.08 bits per heavy atom. The van der Waals surface area contributed by atoms with Gasteiger partial charge in [0, 0.05) is 56.2 Å². The van der Waals surface area contributed by atoms with Crippen LogP contribution in [0.4, 0.5) is 0 Å². The van der Waals surface area contributed by atoms with Crippen LogP contribution < -0.4 is 4.74 Å².